The molecule has 1 aromatic rings. The van der Waals surface area contributed by atoms with Crippen molar-refractivity contribution in [2.75, 3.05) is 0 Å². The van der Waals surface area contributed by atoms with Crippen LogP contribution in [0.5, 0.6) is 0 Å². The van der Waals surface area contributed by atoms with Crippen LogP contribution in [0.1, 0.15) is 37.8 Å². The lowest BCUT2D eigenvalue weighted by atomic mass is 9.72. The van der Waals surface area contributed by atoms with Gasteiger partial charge in [-0.05, 0) is 29.4 Å². The van der Waals surface area contributed by atoms with Crippen LogP contribution >= 0.6 is 0 Å². The first-order valence-electron chi connectivity index (χ1n) is 4.78. The first-order valence-corrected chi connectivity index (χ1v) is 4.78. The highest BCUT2D eigenvalue weighted by Gasteiger charge is 2.28. The molecule has 0 bridgehead atoms. The van der Waals surface area contributed by atoms with E-state index < -0.39 is 0 Å². The normalized spacial score (nSPS) is 19.7. The van der Waals surface area contributed by atoms with Crippen LogP contribution in [0.2, 0.25) is 0 Å². The highest BCUT2D eigenvalue weighted by atomic mass is 14.5. The second-order valence-electron chi connectivity index (χ2n) is 4.41. The molecule has 2 rings (SSSR count). The minimum Gasteiger partial charge on any atom is -0.305 e. The highest BCUT2D eigenvalue weighted by Crippen LogP contribution is 2.36. The van der Waals surface area contributed by atoms with Gasteiger partial charge in [-0.15, -0.1) is 0 Å². The van der Waals surface area contributed by atoms with E-state index in [9.17, 15) is 0 Å². The maximum Gasteiger partial charge on any atom is 0.0389 e. The van der Waals surface area contributed by atoms with Gasteiger partial charge in [-0.2, -0.15) is 0 Å². The summed E-state index contributed by atoms with van der Waals surface area (Å²) in [5.41, 5.74) is 3.54. The summed E-state index contributed by atoms with van der Waals surface area (Å²) < 4.78 is 0. The molecule has 0 saturated carbocycles. The molecule has 0 amide bonds. The van der Waals surface area contributed by atoms with Crippen LogP contribution < -0.4 is 0 Å². The van der Waals surface area contributed by atoms with Crippen LogP contribution in [-0.2, 0) is 5.41 Å². The van der Waals surface area contributed by atoms with Crippen LogP contribution in [-0.4, -0.2) is 5.71 Å². The fraction of sp³-hybridized carbons (Fsp3) is 0.417. The third kappa shape index (κ3) is 1.28. The lowest BCUT2D eigenvalue weighted by Crippen LogP contribution is -2.26. The Balaban J connectivity index is 2.61. The Hall–Kier alpha value is -1.11. The number of hydrogen-bond donors (Lipinski definition) is 1. The molecule has 1 aromatic carbocycles. The van der Waals surface area contributed by atoms with Crippen LogP contribution in [0.4, 0.5) is 0 Å². The van der Waals surface area contributed by atoms with Crippen molar-refractivity contribution in [1.82, 2.24) is 0 Å². The molecule has 1 aliphatic carbocycles. The van der Waals surface area contributed by atoms with Crippen molar-refractivity contribution in [3.05, 3.63) is 35.4 Å². The van der Waals surface area contributed by atoms with Gasteiger partial charge in [0.1, 0.15) is 0 Å². The molecule has 68 valence electrons. The van der Waals surface area contributed by atoms with Crippen LogP contribution in [0, 0.1) is 5.41 Å². The van der Waals surface area contributed by atoms with Gasteiger partial charge < -0.3 is 5.41 Å². The molecule has 0 atom stereocenters. The molecule has 0 heterocycles. The van der Waals surface area contributed by atoms with E-state index in [-0.39, 0.29) is 5.41 Å². The fourth-order valence-electron chi connectivity index (χ4n) is 2.04. The molecular weight excluding hydrogens is 158 g/mol. The summed E-state index contributed by atoms with van der Waals surface area (Å²) in [5.74, 6) is 0. The SMILES string of the molecule is CC1(C)CCC(=N)c2ccccc21. The molecule has 13 heavy (non-hydrogen) atoms. The first-order chi connectivity index (χ1) is 6.11. The van der Waals surface area contributed by atoms with Crippen molar-refractivity contribution in [2.45, 2.75) is 32.1 Å². The number of rotatable bonds is 0. The van der Waals surface area contributed by atoms with Gasteiger partial charge >= 0.3 is 0 Å². The molecule has 0 fully saturated rings. The summed E-state index contributed by atoms with van der Waals surface area (Å²) in [7, 11) is 0. The largest absolute Gasteiger partial charge is 0.305 e. The molecule has 1 N–H and O–H groups in total. The molecule has 0 unspecified atom stereocenters. The Bertz CT molecular complexity index is 350. The Labute approximate surface area is 79.3 Å². The highest BCUT2D eigenvalue weighted by molar-refractivity contribution is 6.01. The number of nitrogens with one attached hydrogen (secondary N) is 1. The van der Waals surface area contributed by atoms with Crippen molar-refractivity contribution < 1.29 is 0 Å². The zero-order valence-electron chi connectivity index (χ0n) is 8.22. The van der Waals surface area contributed by atoms with E-state index >= 15 is 0 Å². The Kier molecular flexibility index (Phi) is 1.76. The summed E-state index contributed by atoms with van der Waals surface area (Å²) in [5, 5.41) is 7.85. The smallest absolute Gasteiger partial charge is 0.0389 e. The van der Waals surface area contributed by atoms with Gasteiger partial charge in [-0.1, -0.05) is 38.1 Å². The number of fused-ring (bicyclic) bond motifs is 1. The number of hydrogen-bond acceptors (Lipinski definition) is 1. The van der Waals surface area contributed by atoms with E-state index in [4.69, 9.17) is 5.41 Å². The molecule has 0 spiro atoms. The number of benzene rings is 1. The van der Waals surface area contributed by atoms with Crippen LogP contribution in [0.3, 0.4) is 0 Å². The third-order valence-corrected chi connectivity index (χ3v) is 2.98. The van der Waals surface area contributed by atoms with E-state index in [2.05, 4.69) is 32.0 Å². The van der Waals surface area contributed by atoms with Gasteiger partial charge in [0.25, 0.3) is 0 Å². The van der Waals surface area contributed by atoms with E-state index in [1.54, 1.807) is 0 Å². The second kappa shape index (κ2) is 2.69. The average Bonchev–Trinajstić information content (AvgIpc) is 2.13. The summed E-state index contributed by atoms with van der Waals surface area (Å²) in [6, 6.07) is 8.32. The summed E-state index contributed by atoms with van der Waals surface area (Å²) in [6.45, 7) is 4.52. The van der Waals surface area contributed by atoms with Crippen molar-refractivity contribution >= 4 is 5.71 Å². The molecular formula is C12H15N. The maximum absolute atomic E-state index is 7.85. The summed E-state index contributed by atoms with van der Waals surface area (Å²) in [6.07, 6.45) is 2.02. The Morgan fingerprint density at radius 3 is 2.62 bits per heavy atom. The predicted octanol–water partition coefficient (Wildman–Crippen LogP) is 3.13. The maximum atomic E-state index is 7.85. The van der Waals surface area contributed by atoms with Gasteiger partial charge in [0.15, 0.2) is 0 Å². The van der Waals surface area contributed by atoms with E-state index in [1.165, 1.54) is 5.56 Å². The molecule has 1 aliphatic rings. The molecule has 0 aromatic heterocycles. The van der Waals surface area contributed by atoms with E-state index in [0.29, 0.717) is 0 Å². The second-order valence-corrected chi connectivity index (χ2v) is 4.41. The molecule has 0 aliphatic heterocycles. The molecule has 1 heteroatoms. The first kappa shape index (κ1) is 8.49. The van der Waals surface area contributed by atoms with Crippen molar-refractivity contribution in [3.63, 3.8) is 0 Å². The lowest BCUT2D eigenvalue weighted by Gasteiger charge is -2.32. The van der Waals surface area contributed by atoms with Gasteiger partial charge in [0, 0.05) is 5.71 Å². The quantitative estimate of drug-likeness (QED) is 0.623. The summed E-state index contributed by atoms with van der Waals surface area (Å²) in [4.78, 5) is 0. The zero-order valence-corrected chi connectivity index (χ0v) is 8.22. The molecule has 1 nitrogen and oxygen atoms in total. The van der Waals surface area contributed by atoms with Crippen molar-refractivity contribution in [1.29, 1.82) is 5.41 Å². The molecule has 0 radical (unpaired) electrons. The van der Waals surface area contributed by atoms with Crippen LogP contribution in [0.15, 0.2) is 24.3 Å². The standard InChI is InChI=1S/C12H15N/c1-12(2)8-7-11(13)9-5-3-4-6-10(9)12/h3-6,13H,7-8H2,1-2H3. The van der Waals surface area contributed by atoms with Crippen molar-refractivity contribution in [2.24, 2.45) is 0 Å². The zero-order chi connectivity index (χ0) is 9.47. The van der Waals surface area contributed by atoms with Gasteiger partial charge in [-0.3, -0.25) is 0 Å². The monoisotopic (exact) mass is 173 g/mol. The Morgan fingerprint density at radius 1 is 1.23 bits per heavy atom. The average molecular weight is 173 g/mol. The fourth-order valence-corrected chi connectivity index (χ4v) is 2.04. The van der Waals surface area contributed by atoms with Gasteiger partial charge in [0.05, 0.1) is 0 Å². The minimum atomic E-state index is 0.251. The van der Waals surface area contributed by atoms with Crippen LogP contribution in [0.25, 0.3) is 0 Å². The molecule has 0 saturated heterocycles. The van der Waals surface area contributed by atoms with Gasteiger partial charge in [0.2, 0.25) is 0 Å². The van der Waals surface area contributed by atoms with Gasteiger partial charge in [-0.25, -0.2) is 0 Å². The minimum absolute atomic E-state index is 0.251. The lowest BCUT2D eigenvalue weighted by molar-refractivity contribution is 0.479. The van der Waals surface area contributed by atoms with E-state index in [0.717, 1.165) is 24.1 Å². The summed E-state index contributed by atoms with van der Waals surface area (Å²) >= 11 is 0. The van der Waals surface area contributed by atoms with E-state index in [1.807, 2.05) is 6.07 Å². The Morgan fingerprint density at radius 2 is 1.92 bits per heavy atom. The third-order valence-electron chi connectivity index (χ3n) is 2.98. The predicted molar refractivity (Wildman–Crippen MR) is 55.5 cm³/mol. The van der Waals surface area contributed by atoms with Crippen molar-refractivity contribution in [3.8, 4) is 0 Å². The topological polar surface area (TPSA) is 23.9 Å².